The van der Waals surface area contributed by atoms with Crippen molar-refractivity contribution in [2.75, 3.05) is 6.54 Å². The van der Waals surface area contributed by atoms with Gasteiger partial charge in [-0.15, -0.1) is 0 Å². The lowest BCUT2D eigenvalue weighted by atomic mass is 10.1. The van der Waals surface area contributed by atoms with Crippen LogP contribution in [0.1, 0.15) is 16.8 Å². The molecule has 0 saturated heterocycles. The number of hydrogen-bond acceptors (Lipinski definition) is 2. The second-order valence-corrected chi connectivity index (χ2v) is 5.98. The topological polar surface area (TPSA) is 57.4 Å². The maximum absolute atomic E-state index is 12.3. The number of amides is 2. The van der Waals surface area contributed by atoms with Crippen LogP contribution in [0.5, 0.6) is 0 Å². The third-order valence-electron chi connectivity index (χ3n) is 4.41. The number of fused-ring (bicyclic) bond motifs is 3. The van der Waals surface area contributed by atoms with E-state index in [-0.39, 0.29) is 6.03 Å². The van der Waals surface area contributed by atoms with Crippen LogP contribution in [-0.2, 0) is 24.4 Å². The van der Waals surface area contributed by atoms with Crippen LogP contribution >= 0.6 is 0 Å². The highest BCUT2D eigenvalue weighted by atomic mass is 16.7. The first-order chi connectivity index (χ1) is 11.8. The lowest BCUT2D eigenvalue weighted by Gasteiger charge is -2.27. The predicted octanol–water partition coefficient (Wildman–Crippen LogP) is 3.37. The number of carbonyl (C=O) groups is 1. The largest absolute Gasteiger partial charge is 0.358 e. The lowest BCUT2D eigenvalue weighted by molar-refractivity contribution is 0.0351. The molecule has 3 aromatic rings. The standard InChI is InChI=1S/C19H19N3O2/c23-19(21-24-13-14-6-2-1-3-7-14)22-11-10-18-16(12-22)15-8-4-5-9-17(15)20-18/h1-9,20H,10-13H2,(H,21,23). The number of aromatic nitrogens is 1. The SMILES string of the molecule is O=C(NOCc1ccccc1)N1CCc2[nH]c3ccccc3c2C1. The molecule has 2 aromatic carbocycles. The Morgan fingerprint density at radius 2 is 1.92 bits per heavy atom. The van der Waals surface area contributed by atoms with Gasteiger partial charge in [-0.1, -0.05) is 48.5 Å². The fourth-order valence-electron chi connectivity index (χ4n) is 3.16. The second kappa shape index (κ2) is 6.37. The number of hydrogen-bond donors (Lipinski definition) is 2. The summed E-state index contributed by atoms with van der Waals surface area (Å²) in [6, 6.07) is 17.8. The van der Waals surface area contributed by atoms with E-state index in [1.165, 1.54) is 16.6 Å². The highest BCUT2D eigenvalue weighted by Gasteiger charge is 2.23. The van der Waals surface area contributed by atoms with Gasteiger partial charge in [-0.05, 0) is 11.6 Å². The van der Waals surface area contributed by atoms with Crippen molar-refractivity contribution in [3.8, 4) is 0 Å². The fraction of sp³-hybridized carbons (Fsp3) is 0.211. The molecular formula is C19H19N3O2. The molecule has 1 aliphatic rings. The zero-order valence-corrected chi connectivity index (χ0v) is 13.3. The zero-order valence-electron chi connectivity index (χ0n) is 13.3. The average molecular weight is 321 g/mol. The average Bonchev–Trinajstić information content (AvgIpc) is 3.00. The first kappa shape index (κ1) is 14.8. The molecule has 2 N–H and O–H groups in total. The number of aromatic amines is 1. The highest BCUT2D eigenvalue weighted by molar-refractivity contribution is 5.85. The molecule has 0 fully saturated rings. The van der Waals surface area contributed by atoms with E-state index in [0.717, 1.165) is 17.5 Å². The Bertz CT molecular complexity index is 857. The van der Waals surface area contributed by atoms with E-state index in [9.17, 15) is 4.79 Å². The smallest absolute Gasteiger partial charge is 0.341 e. The van der Waals surface area contributed by atoms with E-state index < -0.39 is 0 Å². The fourth-order valence-corrected chi connectivity index (χ4v) is 3.16. The van der Waals surface area contributed by atoms with Crippen LogP contribution < -0.4 is 5.48 Å². The number of hydroxylamine groups is 1. The first-order valence-electron chi connectivity index (χ1n) is 8.10. The highest BCUT2D eigenvalue weighted by Crippen LogP contribution is 2.27. The van der Waals surface area contributed by atoms with Crippen LogP contribution in [0.2, 0.25) is 0 Å². The van der Waals surface area contributed by atoms with Crippen LogP contribution in [0, 0.1) is 0 Å². The summed E-state index contributed by atoms with van der Waals surface area (Å²) in [5.74, 6) is 0. The van der Waals surface area contributed by atoms with Crippen molar-refractivity contribution in [3.63, 3.8) is 0 Å². The van der Waals surface area contributed by atoms with E-state index in [1.54, 1.807) is 4.90 Å². The summed E-state index contributed by atoms with van der Waals surface area (Å²) in [5.41, 5.74) is 7.13. The molecule has 0 unspecified atom stereocenters. The Balaban J connectivity index is 1.40. The summed E-state index contributed by atoms with van der Waals surface area (Å²) in [5, 5.41) is 1.19. The Morgan fingerprint density at radius 3 is 2.79 bits per heavy atom. The van der Waals surface area contributed by atoms with Crippen LogP contribution in [0.15, 0.2) is 54.6 Å². The molecule has 1 aromatic heterocycles. The van der Waals surface area contributed by atoms with Crippen molar-refractivity contribution in [2.24, 2.45) is 0 Å². The van der Waals surface area contributed by atoms with Gasteiger partial charge in [-0.25, -0.2) is 10.3 Å². The number of para-hydroxylation sites is 1. The molecule has 0 radical (unpaired) electrons. The molecule has 1 aliphatic heterocycles. The quantitative estimate of drug-likeness (QED) is 0.727. The molecule has 0 saturated carbocycles. The molecule has 4 rings (SSSR count). The molecule has 2 heterocycles. The van der Waals surface area contributed by atoms with Gasteiger partial charge in [0, 0.05) is 41.7 Å². The number of nitrogens with one attached hydrogen (secondary N) is 2. The summed E-state index contributed by atoms with van der Waals surface area (Å²) in [4.78, 5) is 22.9. The van der Waals surface area contributed by atoms with Gasteiger partial charge in [-0.3, -0.25) is 4.84 Å². The summed E-state index contributed by atoms with van der Waals surface area (Å²) in [6.07, 6.45) is 0.829. The number of urea groups is 1. The molecule has 5 nitrogen and oxygen atoms in total. The minimum absolute atomic E-state index is 0.193. The molecule has 122 valence electrons. The molecular weight excluding hydrogens is 302 g/mol. The first-order valence-corrected chi connectivity index (χ1v) is 8.10. The molecule has 24 heavy (non-hydrogen) atoms. The van der Waals surface area contributed by atoms with Gasteiger partial charge in [0.15, 0.2) is 0 Å². The Labute approximate surface area is 140 Å². The molecule has 5 heteroatoms. The van der Waals surface area contributed by atoms with E-state index in [0.29, 0.717) is 19.7 Å². The third kappa shape index (κ3) is 2.86. The van der Waals surface area contributed by atoms with Crippen molar-refractivity contribution in [2.45, 2.75) is 19.6 Å². The number of nitrogens with zero attached hydrogens (tertiary/aromatic N) is 1. The number of carbonyl (C=O) groups excluding carboxylic acids is 1. The lowest BCUT2D eigenvalue weighted by Crippen LogP contribution is -2.42. The van der Waals surface area contributed by atoms with Crippen LogP contribution in [0.25, 0.3) is 10.9 Å². The summed E-state index contributed by atoms with van der Waals surface area (Å²) < 4.78 is 0. The number of benzene rings is 2. The Morgan fingerprint density at radius 1 is 1.12 bits per heavy atom. The van der Waals surface area contributed by atoms with Crippen molar-refractivity contribution < 1.29 is 9.63 Å². The van der Waals surface area contributed by atoms with E-state index >= 15 is 0 Å². The predicted molar refractivity (Wildman–Crippen MR) is 92.2 cm³/mol. The van der Waals surface area contributed by atoms with Gasteiger partial charge in [-0.2, -0.15) is 0 Å². The summed E-state index contributed by atoms with van der Waals surface area (Å²) in [7, 11) is 0. The minimum atomic E-state index is -0.193. The van der Waals surface area contributed by atoms with E-state index in [1.807, 2.05) is 42.5 Å². The number of rotatable bonds is 3. The Hall–Kier alpha value is -2.79. The van der Waals surface area contributed by atoms with Gasteiger partial charge in [0.2, 0.25) is 0 Å². The van der Waals surface area contributed by atoms with Gasteiger partial charge in [0.05, 0.1) is 6.61 Å². The van der Waals surface area contributed by atoms with Crippen molar-refractivity contribution >= 4 is 16.9 Å². The van der Waals surface area contributed by atoms with Crippen LogP contribution in [0.3, 0.4) is 0 Å². The van der Waals surface area contributed by atoms with Gasteiger partial charge in [0.1, 0.15) is 0 Å². The van der Waals surface area contributed by atoms with Crippen LogP contribution in [0.4, 0.5) is 4.79 Å². The molecule has 0 spiro atoms. The van der Waals surface area contributed by atoms with Crippen molar-refractivity contribution in [1.29, 1.82) is 0 Å². The molecule has 0 bridgehead atoms. The third-order valence-corrected chi connectivity index (χ3v) is 4.41. The normalized spacial score (nSPS) is 13.8. The summed E-state index contributed by atoms with van der Waals surface area (Å²) >= 11 is 0. The zero-order chi connectivity index (χ0) is 16.4. The summed E-state index contributed by atoms with van der Waals surface area (Å²) in [6.45, 7) is 1.64. The van der Waals surface area contributed by atoms with E-state index in [2.05, 4.69) is 22.6 Å². The van der Waals surface area contributed by atoms with Crippen LogP contribution in [-0.4, -0.2) is 22.5 Å². The minimum Gasteiger partial charge on any atom is -0.358 e. The maximum Gasteiger partial charge on any atom is 0.341 e. The monoisotopic (exact) mass is 321 g/mol. The van der Waals surface area contributed by atoms with Crippen molar-refractivity contribution in [1.82, 2.24) is 15.4 Å². The van der Waals surface area contributed by atoms with Gasteiger partial charge in [0.25, 0.3) is 0 Å². The van der Waals surface area contributed by atoms with E-state index in [4.69, 9.17) is 4.84 Å². The molecule has 0 atom stereocenters. The Kier molecular flexibility index (Phi) is 3.92. The maximum atomic E-state index is 12.3. The molecule has 0 aliphatic carbocycles. The van der Waals surface area contributed by atoms with Gasteiger partial charge >= 0.3 is 6.03 Å². The van der Waals surface area contributed by atoms with Gasteiger partial charge < -0.3 is 9.88 Å². The number of H-pyrrole nitrogens is 1. The second-order valence-electron chi connectivity index (χ2n) is 5.98. The molecule has 2 amide bonds. The van der Waals surface area contributed by atoms with Crippen molar-refractivity contribution in [3.05, 3.63) is 71.4 Å².